The van der Waals surface area contributed by atoms with Crippen molar-refractivity contribution < 1.29 is 23.9 Å². The molecule has 10 heteroatoms. The number of nitrogens with two attached hydrogens (primary N) is 1. The number of amides is 3. The third kappa shape index (κ3) is 4.55. The fraction of sp³-hybridized carbons (Fsp3) is 0.261. The van der Waals surface area contributed by atoms with Crippen LogP contribution >= 0.6 is 11.6 Å². The average Bonchev–Trinajstić information content (AvgIpc) is 3.36. The molecule has 172 valence electrons. The molecule has 2 heterocycles. The summed E-state index contributed by atoms with van der Waals surface area (Å²) < 4.78 is 15.3. The van der Waals surface area contributed by atoms with Crippen LogP contribution in [0.3, 0.4) is 0 Å². The Balaban J connectivity index is 1.50. The van der Waals surface area contributed by atoms with Crippen LogP contribution in [0.5, 0.6) is 0 Å². The molecular weight excluding hydrogens is 451 g/mol. The normalized spacial score (nSPS) is 18.0. The lowest BCUT2D eigenvalue weighted by Gasteiger charge is -2.23. The molecule has 1 fully saturated rings. The molecule has 2 atom stereocenters. The molecule has 0 bridgehead atoms. The molecule has 8 nitrogen and oxygen atoms in total. The molecule has 0 aliphatic carbocycles. The molecule has 0 unspecified atom stereocenters. The van der Waals surface area contributed by atoms with Crippen LogP contribution in [-0.4, -0.2) is 51.1 Å². The Kier molecular flexibility index (Phi) is 6.35. The topological polar surface area (TPSA) is 118 Å². The highest BCUT2D eigenvalue weighted by Gasteiger charge is 2.38. The Morgan fingerprint density at radius 1 is 1.18 bits per heavy atom. The number of aromatic nitrogens is 1. The van der Waals surface area contributed by atoms with E-state index in [0.717, 1.165) is 0 Å². The maximum absolute atomic E-state index is 14.1. The van der Waals surface area contributed by atoms with Crippen molar-refractivity contribution in [3.63, 3.8) is 0 Å². The van der Waals surface area contributed by atoms with E-state index in [0.29, 0.717) is 22.2 Å². The van der Waals surface area contributed by atoms with Gasteiger partial charge in [-0.05, 0) is 24.1 Å². The van der Waals surface area contributed by atoms with Gasteiger partial charge in [0.05, 0.1) is 28.4 Å². The fourth-order valence-corrected chi connectivity index (χ4v) is 4.35. The number of fused-ring (bicyclic) bond motifs is 1. The number of anilines is 1. The fourth-order valence-electron chi connectivity index (χ4n) is 4.16. The Morgan fingerprint density at radius 3 is 2.70 bits per heavy atom. The predicted octanol–water partition coefficient (Wildman–Crippen LogP) is 3.53. The van der Waals surface area contributed by atoms with E-state index in [2.05, 4.69) is 5.32 Å². The van der Waals surface area contributed by atoms with E-state index in [1.807, 2.05) is 0 Å². The number of aryl methyl sites for hydroxylation is 1. The number of para-hydroxylation sites is 1. The standard InChI is InChI=1S/C23H22ClFN4O4/c24-16-6-3-4-13(21(16)25)8-9-20(31)19-10-14(30)11-29(19)23(33)27-17-12-28(22(26)32)18-7-2-1-5-15(17)18/h1-7,12,14,19,30H,8-11H2,(H2,26,32)(H,27,33)/t14-,19-/m0/s1. The highest BCUT2D eigenvalue weighted by molar-refractivity contribution is 6.30. The zero-order valence-corrected chi connectivity index (χ0v) is 18.3. The minimum absolute atomic E-state index is 0.0145. The average molecular weight is 473 g/mol. The van der Waals surface area contributed by atoms with Gasteiger partial charge in [0.25, 0.3) is 0 Å². The first-order valence-corrected chi connectivity index (χ1v) is 10.7. The van der Waals surface area contributed by atoms with Crippen LogP contribution in [0.15, 0.2) is 48.7 Å². The second-order valence-electron chi connectivity index (χ2n) is 7.94. The number of hydrogen-bond acceptors (Lipinski definition) is 4. The van der Waals surface area contributed by atoms with E-state index in [1.165, 1.54) is 21.7 Å². The summed E-state index contributed by atoms with van der Waals surface area (Å²) in [7, 11) is 0. The van der Waals surface area contributed by atoms with E-state index in [4.69, 9.17) is 17.3 Å². The lowest BCUT2D eigenvalue weighted by Crippen LogP contribution is -2.43. The Labute approximate surface area is 193 Å². The van der Waals surface area contributed by atoms with Crippen molar-refractivity contribution in [2.24, 2.45) is 5.73 Å². The Hall–Kier alpha value is -3.43. The quantitative estimate of drug-likeness (QED) is 0.526. The van der Waals surface area contributed by atoms with Gasteiger partial charge < -0.3 is 21.1 Å². The second kappa shape index (κ2) is 9.21. The molecule has 0 radical (unpaired) electrons. The number of halogens is 2. The van der Waals surface area contributed by atoms with Gasteiger partial charge in [0, 0.05) is 31.0 Å². The highest BCUT2D eigenvalue weighted by Crippen LogP contribution is 2.28. The first kappa shape index (κ1) is 22.8. The third-order valence-corrected chi connectivity index (χ3v) is 6.07. The number of rotatable bonds is 5. The van der Waals surface area contributed by atoms with Crippen LogP contribution in [0.25, 0.3) is 10.9 Å². The minimum atomic E-state index is -0.862. The number of Topliss-reactive ketones (excluding diaryl/α,β-unsaturated/α-hetero) is 1. The highest BCUT2D eigenvalue weighted by atomic mass is 35.5. The number of ketones is 1. The van der Waals surface area contributed by atoms with E-state index in [-0.39, 0.29) is 36.6 Å². The molecular formula is C23H22ClFN4O4. The largest absolute Gasteiger partial charge is 0.391 e. The summed E-state index contributed by atoms with van der Waals surface area (Å²) >= 11 is 5.80. The van der Waals surface area contributed by atoms with E-state index >= 15 is 0 Å². The summed E-state index contributed by atoms with van der Waals surface area (Å²) in [6.45, 7) is -0.0256. The number of primary amides is 1. The summed E-state index contributed by atoms with van der Waals surface area (Å²) in [4.78, 5) is 38.9. The molecule has 33 heavy (non-hydrogen) atoms. The summed E-state index contributed by atoms with van der Waals surface area (Å²) in [6, 6.07) is 9.34. The van der Waals surface area contributed by atoms with Gasteiger partial charge in [0.1, 0.15) is 5.82 Å². The molecule has 1 saturated heterocycles. The molecule has 2 aromatic carbocycles. The summed E-state index contributed by atoms with van der Waals surface area (Å²) in [6.07, 6.45) is 0.752. The van der Waals surface area contributed by atoms with Crippen LogP contribution in [0.2, 0.25) is 5.02 Å². The van der Waals surface area contributed by atoms with Crippen molar-refractivity contribution in [1.82, 2.24) is 9.47 Å². The summed E-state index contributed by atoms with van der Waals surface area (Å²) in [5.41, 5.74) is 6.60. The minimum Gasteiger partial charge on any atom is -0.391 e. The molecule has 3 aromatic rings. The zero-order chi connectivity index (χ0) is 23.7. The van der Waals surface area contributed by atoms with Gasteiger partial charge in [-0.3, -0.25) is 9.36 Å². The predicted molar refractivity (Wildman–Crippen MR) is 122 cm³/mol. The number of β-amino-alcohol motifs (C(OH)–C–C–N with tert-alkyl or cyclic N) is 1. The van der Waals surface area contributed by atoms with Crippen LogP contribution < -0.4 is 11.1 Å². The van der Waals surface area contributed by atoms with Crippen molar-refractivity contribution in [2.75, 3.05) is 11.9 Å². The number of benzene rings is 2. The van der Waals surface area contributed by atoms with Crippen molar-refractivity contribution in [3.05, 3.63) is 65.1 Å². The van der Waals surface area contributed by atoms with E-state index in [1.54, 1.807) is 36.4 Å². The lowest BCUT2D eigenvalue weighted by atomic mass is 10.0. The molecule has 1 aliphatic rings. The molecule has 4 N–H and O–H groups in total. The maximum atomic E-state index is 14.1. The number of likely N-dealkylation sites (tertiary alicyclic amines) is 1. The van der Waals surface area contributed by atoms with Gasteiger partial charge in [-0.2, -0.15) is 0 Å². The number of nitrogens with zero attached hydrogens (tertiary/aromatic N) is 2. The molecule has 1 aliphatic heterocycles. The maximum Gasteiger partial charge on any atom is 0.323 e. The zero-order valence-electron chi connectivity index (χ0n) is 17.5. The third-order valence-electron chi connectivity index (χ3n) is 5.77. The van der Waals surface area contributed by atoms with Crippen molar-refractivity contribution in [3.8, 4) is 0 Å². The smallest absolute Gasteiger partial charge is 0.323 e. The van der Waals surface area contributed by atoms with Gasteiger partial charge in [0.2, 0.25) is 0 Å². The van der Waals surface area contributed by atoms with Gasteiger partial charge in [-0.25, -0.2) is 14.0 Å². The SMILES string of the molecule is NC(=O)n1cc(NC(=O)N2C[C@@H](O)C[C@H]2C(=O)CCc2cccc(Cl)c2F)c2ccccc21. The monoisotopic (exact) mass is 472 g/mol. The van der Waals surface area contributed by atoms with E-state index < -0.39 is 30.0 Å². The first-order chi connectivity index (χ1) is 15.8. The van der Waals surface area contributed by atoms with Gasteiger partial charge in [-0.1, -0.05) is 41.9 Å². The van der Waals surface area contributed by atoms with Gasteiger partial charge in [-0.15, -0.1) is 0 Å². The van der Waals surface area contributed by atoms with Gasteiger partial charge in [0.15, 0.2) is 5.78 Å². The number of aliphatic hydroxyl groups excluding tert-OH is 1. The number of nitrogens with one attached hydrogen (secondary N) is 1. The summed E-state index contributed by atoms with van der Waals surface area (Å²) in [5, 5.41) is 13.4. The van der Waals surface area contributed by atoms with Crippen molar-refractivity contribution in [1.29, 1.82) is 0 Å². The molecule has 3 amide bonds. The van der Waals surface area contributed by atoms with Crippen molar-refractivity contribution in [2.45, 2.75) is 31.4 Å². The van der Waals surface area contributed by atoms with Crippen LogP contribution in [0.1, 0.15) is 18.4 Å². The summed E-state index contributed by atoms with van der Waals surface area (Å²) in [5.74, 6) is -0.862. The number of aliphatic hydroxyl groups is 1. The van der Waals surface area contributed by atoms with Gasteiger partial charge >= 0.3 is 12.1 Å². The van der Waals surface area contributed by atoms with E-state index in [9.17, 15) is 23.9 Å². The van der Waals surface area contributed by atoms with Crippen LogP contribution in [-0.2, 0) is 11.2 Å². The Morgan fingerprint density at radius 2 is 1.94 bits per heavy atom. The number of urea groups is 1. The molecule has 0 saturated carbocycles. The number of carbonyl (C=O) groups excluding carboxylic acids is 3. The molecule has 4 rings (SSSR count). The Bertz CT molecular complexity index is 1240. The van der Waals surface area contributed by atoms with Crippen LogP contribution in [0, 0.1) is 5.82 Å². The first-order valence-electron chi connectivity index (χ1n) is 10.4. The van der Waals surface area contributed by atoms with Crippen molar-refractivity contribution >= 4 is 46.0 Å². The molecule has 1 aromatic heterocycles. The number of carbonyl (C=O) groups is 3. The number of hydrogen-bond donors (Lipinski definition) is 3. The molecule has 0 spiro atoms. The van der Waals surface area contributed by atoms with Crippen LogP contribution in [0.4, 0.5) is 19.7 Å². The lowest BCUT2D eigenvalue weighted by molar-refractivity contribution is -0.122. The second-order valence-corrected chi connectivity index (χ2v) is 8.34.